The van der Waals surface area contributed by atoms with Crippen LogP contribution in [0.2, 0.25) is 0 Å². The number of phenols is 1. The van der Waals surface area contributed by atoms with E-state index in [0.717, 1.165) is 31.4 Å². The van der Waals surface area contributed by atoms with Gasteiger partial charge in [-0.3, -0.25) is 4.79 Å². The fraction of sp³-hybridized carbons (Fsp3) is 0.500. The Morgan fingerprint density at radius 2 is 2.06 bits per heavy atom. The summed E-state index contributed by atoms with van der Waals surface area (Å²) in [6.07, 6.45) is 3.01. The van der Waals surface area contributed by atoms with Gasteiger partial charge in [-0.2, -0.15) is 0 Å². The number of amides is 1. The van der Waals surface area contributed by atoms with Crippen LogP contribution in [0, 0.1) is 6.92 Å². The van der Waals surface area contributed by atoms with E-state index >= 15 is 0 Å². The molecule has 3 N–H and O–H groups in total. The fourth-order valence-corrected chi connectivity index (χ4v) is 1.78. The molecule has 0 spiro atoms. The summed E-state index contributed by atoms with van der Waals surface area (Å²) in [5, 5.41) is 9.43. The first-order chi connectivity index (χ1) is 8.56. The molecule has 1 aromatic rings. The molecule has 4 heteroatoms. The first-order valence-electron chi connectivity index (χ1n) is 6.31. The van der Waals surface area contributed by atoms with Crippen molar-refractivity contribution < 1.29 is 9.90 Å². The highest BCUT2D eigenvalue weighted by Gasteiger charge is 2.12. The van der Waals surface area contributed by atoms with E-state index < -0.39 is 0 Å². The molecule has 0 heterocycles. The molecule has 0 aliphatic carbocycles. The summed E-state index contributed by atoms with van der Waals surface area (Å²) in [5.74, 6) is 0.211. The molecule has 0 bridgehead atoms. The van der Waals surface area contributed by atoms with Crippen LogP contribution in [-0.2, 0) is 0 Å². The predicted octanol–water partition coefficient (Wildman–Crippen LogP) is 1.90. The fourth-order valence-electron chi connectivity index (χ4n) is 1.78. The van der Waals surface area contributed by atoms with Gasteiger partial charge in [0.1, 0.15) is 5.75 Å². The van der Waals surface area contributed by atoms with Gasteiger partial charge in [-0.1, -0.05) is 6.42 Å². The van der Waals surface area contributed by atoms with Gasteiger partial charge in [-0.05, 0) is 50.1 Å². The van der Waals surface area contributed by atoms with Gasteiger partial charge >= 0.3 is 0 Å². The van der Waals surface area contributed by atoms with Crippen molar-refractivity contribution >= 4 is 5.91 Å². The summed E-state index contributed by atoms with van der Waals surface area (Å²) in [6, 6.07) is 4.93. The van der Waals surface area contributed by atoms with Crippen molar-refractivity contribution in [2.24, 2.45) is 5.73 Å². The van der Waals surface area contributed by atoms with Gasteiger partial charge in [0.15, 0.2) is 0 Å². The Bertz CT molecular complexity index is 405. The molecular formula is C14H22N2O2. The van der Waals surface area contributed by atoms with E-state index in [-0.39, 0.29) is 11.7 Å². The Labute approximate surface area is 108 Å². The highest BCUT2D eigenvalue weighted by atomic mass is 16.3. The summed E-state index contributed by atoms with van der Waals surface area (Å²) < 4.78 is 0. The molecule has 0 aromatic heterocycles. The number of hydrogen-bond donors (Lipinski definition) is 2. The summed E-state index contributed by atoms with van der Waals surface area (Å²) in [5.41, 5.74) is 6.76. The minimum absolute atomic E-state index is 0.00847. The zero-order chi connectivity index (χ0) is 13.5. The normalized spacial score (nSPS) is 10.4. The topological polar surface area (TPSA) is 66.6 Å². The van der Waals surface area contributed by atoms with Crippen molar-refractivity contribution in [2.45, 2.75) is 26.2 Å². The van der Waals surface area contributed by atoms with Gasteiger partial charge in [0, 0.05) is 19.2 Å². The van der Waals surface area contributed by atoms with Crippen LogP contribution in [-0.4, -0.2) is 36.1 Å². The lowest BCUT2D eigenvalue weighted by atomic mass is 10.1. The molecule has 0 radical (unpaired) electrons. The molecule has 1 amide bonds. The molecule has 1 rings (SSSR count). The number of benzene rings is 1. The zero-order valence-corrected chi connectivity index (χ0v) is 11.1. The van der Waals surface area contributed by atoms with Crippen LogP contribution in [0.1, 0.15) is 35.2 Å². The number of carbonyl (C=O) groups is 1. The van der Waals surface area contributed by atoms with Gasteiger partial charge in [0.25, 0.3) is 5.91 Å². The second-order valence-corrected chi connectivity index (χ2v) is 4.58. The molecule has 18 heavy (non-hydrogen) atoms. The monoisotopic (exact) mass is 250 g/mol. The van der Waals surface area contributed by atoms with E-state index in [9.17, 15) is 9.90 Å². The highest BCUT2D eigenvalue weighted by Crippen LogP contribution is 2.17. The Kier molecular flexibility index (Phi) is 5.65. The van der Waals surface area contributed by atoms with E-state index in [4.69, 9.17) is 5.73 Å². The first kappa shape index (κ1) is 14.5. The molecule has 0 saturated heterocycles. The number of aromatic hydroxyl groups is 1. The number of hydrogen-bond acceptors (Lipinski definition) is 3. The van der Waals surface area contributed by atoms with Crippen molar-refractivity contribution in [2.75, 3.05) is 20.1 Å². The Morgan fingerprint density at radius 3 is 2.67 bits per heavy atom. The second-order valence-electron chi connectivity index (χ2n) is 4.58. The zero-order valence-electron chi connectivity index (χ0n) is 11.1. The molecular weight excluding hydrogens is 228 g/mol. The molecule has 4 nitrogen and oxygen atoms in total. The molecule has 0 aliphatic heterocycles. The van der Waals surface area contributed by atoms with E-state index in [1.807, 2.05) is 0 Å². The number of phenolic OH excluding ortho intramolecular Hbond substituents is 1. The summed E-state index contributed by atoms with van der Waals surface area (Å²) in [4.78, 5) is 13.8. The third kappa shape index (κ3) is 4.04. The van der Waals surface area contributed by atoms with Crippen molar-refractivity contribution in [1.29, 1.82) is 0 Å². The Morgan fingerprint density at radius 1 is 1.33 bits per heavy atom. The van der Waals surface area contributed by atoms with Crippen molar-refractivity contribution in [3.05, 3.63) is 29.3 Å². The quantitative estimate of drug-likeness (QED) is 0.758. The van der Waals surface area contributed by atoms with Crippen LogP contribution >= 0.6 is 0 Å². The van der Waals surface area contributed by atoms with Gasteiger partial charge in [0.05, 0.1) is 0 Å². The van der Waals surface area contributed by atoms with Gasteiger partial charge in [0.2, 0.25) is 0 Å². The second kappa shape index (κ2) is 7.01. The minimum atomic E-state index is -0.00847. The molecule has 0 saturated carbocycles. The number of aryl methyl sites for hydroxylation is 1. The van der Waals surface area contributed by atoms with Crippen molar-refractivity contribution in [3.8, 4) is 5.75 Å². The summed E-state index contributed by atoms with van der Waals surface area (Å²) in [7, 11) is 1.80. The summed E-state index contributed by atoms with van der Waals surface area (Å²) >= 11 is 0. The SMILES string of the molecule is Cc1cc(C(=O)N(C)CCCCCN)ccc1O. The third-order valence-electron chi connectivity index (χ3n) is 2.99. The third-order valence-corrected chi connectivity index (χ3v) is 2.99. The summed E-state index contributed by atoms with van der Waals surface area (Å²) in [6.45, 7) is 3.22. The molecule has 0 aliphatic rings. The van der Waals surface area contributed by atoms with Crippen LogP contribution in [0.4, 0.5) is 0 Å². The number of nitrogens with two attached hydrogens (primary N) is 1. The first-order valence-corrected chi connectivity index (χ1v) is 6.31. The number of nitrogens with zero attached hydrogens (tertiary/aromatic N) is 1. The highest BCUT2D eigenvalue weighted by molar-refractivity contribution is 5.94. The minimum Gasteiger partial charge on any atom is -0.508 e. The maximum absolute atomic E-state index is 12.1. The number of carbonyl (C=O) groups excluding carboxylic acids is 1. The standard InChI is InChI=1S/C14H22N2O2/c1-11-10-12(6-7-13(11)17)14(18)16(2)9-5-3-4-8-15/h6-7,10,17H,3-5,8-9,15H2,1-2H3. The molecule has 0 fully saturated rings. The molecule has 1 aromatic carbocycles. The lowest BCUT2D eigenvalue weighted by Gasteiger charge is -2.17. The van der Waals surface area contributed by atoms with Crippen LogP contribution < -0.4 is 5.73 Å². The lowest BCUT2D eigenvalue weighted by Crippen LogP contribution is -2.27. The Balaban J connectivity index is 2.54. The van der Waals surface area contributed by atoms with E-state index in [1.54, 1.807) is 37.1 Å². The largest absolute Gasteiger partial charge is 0.508 e. The van der Waals surface area contributed by atoms with E-state index in [2.05, 4.69) is 0 Å². The van der Waals surface area contributed by atoms with E-state index in [0.29, 0.717) is 12.1 Å². The molecule has 0 atom stereocenters. The van der Waals surface area contributed by atoms with Gasteiger partial charge < -0.3 is 15.7 Å². The predicted molar refractivity (Wildman–Crippen MR) is 72.7 cm³/mol. The smallest absolute Gasteiger partial charge is 0.253 e. The van der Waals surface area contributed by atoms with Crippen LogP contribution in [0.15, 0.2) is 18.2 Å². The van der Waals surface area contributed by atoms with Crippen molar-refractivity contribution in [3.63, 3.8) is 0 Å². The van der Waals surface area contributed by atoms with Crippen LogP contribution in [0.3, 0.4) is 0 Å². The van der Waals surface area contributed by atoms with Crippen LogP contribution in [0.25, 0.3) is 0 Å². The maximum atomic E-state index is 12.1. The number of rotatable bonds is 6. The lowest BCUT2D eigenvalue weighted by molar-refractivity contribution is 0.0792. The average Bonchev–Trinajstić information content (AvgIpc) is 2.37. The molecule has 100 valence electrons. The van der Waals surface area contributed by atoms with Gasteiger partial charge in [-0.15, -0.1) is 0 Å². The number of unbranched alkanes of at least 4 members (excludes halogenated alkanes) is 2. The van der Waals surface area contributed by atoms with Gasteiger partial charge in [-0.25, -0.2) is 0 Å². The average molecular weight is 250 g/mol. The molecule has 0 unspecified atom stereocenters. The van der Waals surface area contributed by atoms with Crippen LogP contribution in [0.5, 0.6) is 5.75 Å². The van der Waals surface area contributed by atoms with Crippen molar-refractivity contribution in [1.82, 2.24) is 4.90 Å². The van der Waals surface area contributed by atoms with E-state index in [1.165, 1.54) is 0 Å². The maximum Gasteiger partial charge on any atom is 0.253 e. The Hall–Kier alpha value is -1.55.